The molecule has 0 bridgehead atoms. The van der Waals surface area contributed by atoms with E-state index in [-0.39, 0.29) is 16.9 Å². The molecule has 7 nitrogen and oxygen atoms in total. The Morgan fingerprint density at radius 1 is 0.788 bits per heavy atom. The molecule has 0 aliphatic rings. The van der Waals surface area contributed by atoms with Crippen molar-refractivity contribution in [3.63, 3.8) is 0 Å². The Bertz CT molecular complexity index is 1090. The second-order valence-corrected chi connectivity index (χ2v) is 7.29. The number of carbonyl (C=O) groups is 2. The number of carbonyl (C=O) groups excluding carboxylic acids is 2. The molecule has 3 aromatic rings. The largest absolute Gasteiger partial charge is 0.491 e. The second kappa shape index (κ2) is 12.3. The number of hydrogen-bond donors (Lipinski definition) is 3. The summed E-state index contributed by atoms with van der Waals surface area (Å²) in [5.74, 6) is 0.0343. The van der Waals surface area contributed by atoms with Crippen LogP contribution in [-0.2, 0) is 4.74 Å². The van der Waals surface area contributed by atoms with Crippen molar-refractivity contribution in [2.24, 2.45) is 0 Å². The van der Waals surface area contributed by atoms with Crippen molar-refractivity contribution in [1.29, 1.82) is 0 Å². The minimum atomic E-state index is -0.352. The Morgan fingerprint density at radius 2 is 1.45 bits per heavy atom. The lowest BCUT2D eigenvalue weighted by atomic mass is 10.2. The van der Waals surface area contributed by atoms with Crippen molar-refractivity contribution in [3.8, 4) is 5.75 Å². The fraction of sp³-hybridized carbons (Fsp3) is 0.160. The Morgan fingerprint density at radius 3 is 2.15 bits per heavy atom. The Labute approximate surface area is 198 Å². The number of amides is 2. The van der Waals surface area contributed by atoms with E-state index >= 15 is 0 Å². The molecule has 0 aromatic heterocycles. The van der Waals surface area contributed by atoms with Crippen molar-refractivity contribution >= 4 is 40.5 Å². The lowest BCUT2D eigenvalue weighted by Crippen LogP contribution is -2.34. The summed E-state index contributed by atoms with van der Waals surface area (Å²) >= 11 is 5.25. The average molecular weight is 464 g/mol. The van der Waals surface area contributed by atoms with Crippen LogP contribution in [0.5, 0.6) is 5.75 Å². The maximum Gasteiger partial charge on any atom is 0.257 e. The minimum Gasteiger partial charge on any atom is -0.491 e. The monoisotopic (exact) mass is 463 g/mol. The van der Waals surface area contributed by atoms with Gasteiger partial charge in [-0.15, -0.1) is 0 Å². The Kier molecular flexibility index (Phi) is 8.93. The number of benzene rings is 3. The summed E-state index contributed by atoms with van der Waals surface area (Å²) in [4.78, 5) is 24.8. The molecule has 3 aromatic carbocycles. The van der Waals surface area contributed by atoms with Crippen LogP contribution in [0.25, 0.3) is 0 Å². The molecule has 0 spiro atoms. The second-order valence-electron chi connectivity index (χ2n) is 6.88. The van der Waals surface area contributed by atoms with Gasteiger partial charge in [0.25, 0.3) is 11.8 Å². The van der Waals surface area contributed by atoms with Crippen LogP contribution in [0.4, 0.5) is 11.4 Å². The molecule has 0 saturated heterocycles. The molecule has 8 heteroatoms. The molecule has 0 unspecified atom stereocenters. The molecule has 170 valence electrons. The van der Waals surface area contributed by atoms with E-state index in [0.29, 0.717) is 48.1 Å². The molecule has 33 heavy (non-hydrogen) atoms. The predicted molar refractivity (Wildman–Crippen MR) is 133 cm³/mol. The molecule has 3 N–H and O–H groups in total. The highest BCUT2D eigenvalue weighted by Gasteiger charge is 2.10. The van der Waals surface area contributed by atoms with E-state index in [1.54, 1.807) is 60.7 Å². The lowest BCUT2D eigenvalue weighted by Gasteiger charge is -2.12. The maximum atomic E-state index is 12.5. The van der Waals surface area contributed by atoms with Gasteiger partial charge in [0.05, 0.1) is 6.61 Å². The topological polar surface area (TPSA) is 88.7 Å². The van der Waals surface area contributed by atoms with Gasteiger partial charge in [0, 0.05) is 29.1 Å². The molecule has 0 aliphatic carbocycles. The van der Waals surface area contributed by atoms with Crippen LogP contribution in [0.2, 0.25) is 0 Å². The molecule has 0 aliphatic heterocycles. The van der Waals surface area contributed by atoms with Gasteiger partial charge in [0.1, 0.15) is 12.4 Å². The Hall–Kier alpha value is -3.75. The minimum absolute atomic E-state index is 0.156. The van der Waals surface area contributed by atoms with Crippen molar-refractivity contribution in [2.45, 2.75) is 6.92 Å². The SMILES string of the molecule is CCOCCOc1cccc(C(=O)NC(=S)Nc2ccc(NC(=O)c3ccccc3)cc2)c1. The summed E-state index contributed by atoms with van der Waals surface area (Å²) in [7, 11) is 0. The van der Waals surface area contributed by atoms with Gasteiger partial charge in [0.15, 0.2) is 5.11 Å². The molecular weight excluding hydrogens is 438 g/mol. The van der Waals surface area contributed by atoms with Gasteiger partial charge in [-0.3, -0.25) is 14.9 Å². The summed E-state index contributed by atoms with van der Waals surface area (Å²) in [6, 6.07) is 22.8. The van der Waals surface area contributed by atoms with Crippen LogP contribution in [0.1, 0.15) is 27.6 Å². The van der Waals surface area contributed by atoms with Crippen LogP contribution in [0.15, 0.2) is 78.9 Å². The smallest absolute Gasteiger partial charge is 0.257 e. The zero-order valence-electron chi connectivity index (χ0n) is 18.2. The highest BCUT2D eigenvalue weighted by atomic mass is 32.1. The highest BCUT2D eigenvalue weighted by Crippen LogP contribution is 2.16. The number of nitrogens with one attached hydrogen (secondary N) is 3. The first-order chi connectivity index (χ1) is 16.0. The molecule has 0 radical (unpaired) electrons. The number of ether oxygens (including phenoxy) is 2. The quantitative estimate of drug-likeness (QED) is 0.320. The molecular formula is C25H25N3O4S. The van der Waals surface area contributed by atoms with Crippen molar-refractivity contribution in [3.05, 3.63) is 90.0 Å². The summed E-state index contributed by atoms with van der Waals surface area (Å²) in [6.07, 6.45) is 0. The zero-order chi connectivity index (χ0) is 23.5. The van der Waals surface area contributed by atoms with Crippen LogP contribution >= 0.6 is 12.2 Å². The molecule has 3 rings (SSSR count). The van der Waals surface area contributed by atoms with E-state index in [9.17, 15) is 9.59 Å². The van der Waals surface area contributed by atoms with Gasteiger partial charge >= 0.3 is 0 Å². The van der Waals surface area contributed by atoms with E-state index in [4.69, 9.17) is 21.7 Å². The van der Waals surface area contributed by atoms with Crippen molar-refractivity contribution in [1.82, 2.24) is 5.32 Å². The van der Waals surface area contributed by atoms with E-state index in [0.717, 1.165) is 0 Å². The predicted octanol–water partition coefficient (Wildman–Crippen LogP) is 4.48. The van der Waals surface area contributed by atoms with Gasteiger partial charge in [-0.05, 0) is 73.7 Å². The van der Waals surface area contributed by atoms with Gasteiger partial charge in [-0.1, -0.05) is 24.3 Å². The Balaban J connectivity index is 1.50. The van der Waals surface area contributed by atoms with Crippen LogP contribution in [-0.4, -0.2) is 36.7 Å². The van der Waals surface area contributed by atoms with E-state index in [2.05, 4.69) is 16.0 Å². The van der Waals surface area contributed by atoms with Gasteiger partial charge in [-0.25, -0.2) is 0 Å². The lowest BCUT2D eigenvalue weighted by molar-refractivity contribution is 0.0974. The molecule has 0 saturated carbocycles. The standard InChI is InChI=1S/C25H25N3O4S/c1-2-31-15-16-32-22-10-6-9-19(17-22)24(30)28-25(33)27-21-13-11-20(12-14-21)26-23(29)18-7-4-3-5-8-18/h3-14,17H,2,15-16H2,1H3,(H,26,29)(H2,27,28,30,33). The van der Waals surface area contributed by atoms with Gasteiger partial charge < -0.3 is 20.1 Å². The van der Waals surface area contributed by atoms with Crippen molar-refractivity contribution in [2.75, 3.05) is 30.5 Å². The van der Waals surface area contributed by atoms with Gasteiger partial charge in [0.2, 0.25) is 0 Å². The fourth-order valence-corrected chi connectivity index (χ4v) is 3.07. The molecule has 2 amide bonds. The third kappa shape index (κ3) is 7.71. The van der Waals surface area contributed by atoms with E-state index in [1.807, 2.05) is 25.1 Å². The first-order valence-corrected chi connectivity index (χ1v) is 10.9. The molecule has 0 fully saturated rings. The van der Waals surface area contributed by atoms with E-state index in [1.165, 1.54) is 0 Å². The van der Waals surface area contributed by atoms with E-state index < -0.39 is 0 Å². The van der Waals surface area contributed by atoms with Crippen LogP contribution in [0, 0.1) is 0 Å². The summed E-state index contributed by atoms with van der Waals surface area (Å²) in [5, 5.41) is 8.59. The van der Waals surface area contributed by atoms with Crippen LogP contribution < -0.4 is 20.7 Å². The first-order valence-electron chi connectivity index (χ1n) is 10.4. The average Bonchev–Trinajstić information content (AvgIpc) is 2.84. The summed E-state index contributed by atoms with van der Waals surface area (Å²) < 4.78 is 10.8. The number of anilines is 2. The zero-order valence-corrected chi connectivity index (χ0v) is 19.0. The maximum absolute atomic E-state index is 12.5. The number of hydrogen-bond acceptors (Lipinski definition) is 5. The normalized spacial score (nSPS) is 10.2. The highest BCUT2D eigenvalue weighted by molar-refractivity contribution is 7.80. The third-order valence-electron chi connectivity index (χ3n) is 4.46. The van der Waals surface area contributed by atoms with Gasteiger partial charge in [-0.2, -0.15) is 0 Å². The number of rotatable bonds is 9. The fourth-order valence-electron chi connectivity index (χ4n) is 2.86. The van der Waals surface area contributed by atoms with Crippen molar-refractivity contribution < 1.29 is 19.1 Å². The van der Waals surface area contributed by atoms with Crippen LogP contribution in [0.3, 0.4) is 0 Å². The summed E-state index contributed by atoms with van der Waals surface area (Å²) in [6.45, 7) is 3.43. The third-order valence-corrected chi connectivity index (χ3v) is 4.66. The number of thiocarbonyl (C=S) groups is 1. The summed E-state index contributed by atoms with van der Waals surface area (Å²) in [5.41, 5.74) is 2.32. The molecule has 0 atom stereocenters. The first kappa shape index (κ1) is 23.9. The molecule has 0 heterocycles.